The molecule has 0 radical (unpaired) electrons. The van der Waals surface area contributed by atoms with Crippen LogP contribution in [0.15, 0.2) is 4.99 Å². The van der Waals surface area contributed by atoms with Gasteiger partial charge in [0.2, 0.25) is 0 Å². The summed E-state index contributed by atoms with van der Waals surface area (Å²) in [5, 5.41) is 3.34. The van der Waals surface area contributed by atoms with Crippen LogP contribution < -0.4 is 5.32 Å². The Morgan fingerprint density at radius 2 is 2.20 bits per heavy atom. The van der Waals surface area contributed by atoms with Crippen LogP contribution in [-0.2, 0) is 4.74 Å². The van der Waals surface area contributed by atoms with Gasteiger partial charge in [0.15, 0.2) is 5.96 Å². The molecule has 0 spiro atoms. The zero-order valence-electron chi connectivity index (χ0n) is 10.5. The smallest absolute Gasteiger partial charge is 0.193 e. The van der Waals surface area contributed by atoms with Gasteiger partial charge in [-0.15, -0.1) is 0 Å². The van der Waals surface area contributed by atoms with E-state index >= 15 is 0 Å². The van der Waals surface area contributed by atoms with Crippen LogP contribution in [0.25, 0.3) is 0 Å². The van der Waals surface area contributed by atoms with Crippen molar-refractivity contribution in [1.29, 1.82) is 0 Å². The van der Waals surface area contributed by atoms with Crippen molar-refractivity contribution >= 4 is 5.96 Å². The SMILES string of the molecule is COC(CNC1=NCCN1C)C(C)(C)C. The molecule has 88 valence electrons. The Morgan fingerprint density at radius 1 is 1.53 bits per heavy atom. The van der Waals surface area contributed by atoms with Gasteiger partial charge < -0.3 is 15.0 Å². The molecule has 1 atom stereocenters. The first kappa shape index (κ1) is 12.3. The fourth-order valence-electron chi connectivity index (χ4n) is 1.65. The summed E-state index contributed by atoms with van der Waals surface area (Å²) in [5.41, 5.74) is 0.152. The van der Waals surface area contributed by atoms with E-state index in [2.05, 4.69) is 43.0 Å². The van der Waals surface area contributed by atoms with Gasteiger partial charge in [0, 0.05) is 27.2 Å². The zero-order chi connectivity index (χ0) is 11.5. The number of ether oxygens (including phenoxy) is 1. The first-order valence-corrected chi connectivity index (χ1v) is 5.47. The predicted octanol–water partition coefficient (Wildman–Crippen LogP) is 0.938. The van der Waals surface area contributed by atoms with E-state index in [1.54, 1.807) is 7.11 Å². The van der Waals surface area contributed by atoms with E-state index in [1.807, 2.05) is 0 Å². The molecule has 15 heavy (non-hydrogen) atoms. The third-order valence-electron chi connectivity index (χ3n) is 2.75. The molecule has 0 aromatic carbocycles. The molecule has 1 rings (SSSR count). The lowest BCUT2D eigenvalue weighted by molar-refractivity contribution is 0.0203. The van der Waals surface area contributed by atoms with Crippen molar-refractivity contribution < 1.29 is 4.74 Å². The Morgan fingerprint density at radius 3 is 2.60 bits per heavy atom. The minimum atomic E-state index is 0.152. The van der Waals surface area contributed by atoms with Crippen molar-refractivity contribution in [3.05, 3.63) is 0 Å². The zero-order valence-corrected chi connectivity index (χ0v) is 10.5. The second kappa shape index (κ2) is 4.84. The van der Waals surface area contributed by atoms with Crippen LogP contribution in [0.3, 0.4) is 0 Å². The number of nitrogens with zero attached hydrogens (tertiary/aromatic N) is 2. The van der Waals surface area contributed by atoms with Crippen LogP contribution in [0.4, 0.5) is 0 Å². The van der Waals surface area contributed by atoms with Gasteiger partial charge in [-0.05, 0) is 5.41 Å². The summed E-state index contributed by atoms with van der Waals surface area (Å²) >= 11 is 0. The second-order valence-corrected chi connectivity index (χ2v) is 5.10. The summed E-state index contributed by atoms with van der Waals surface area (Å²) in [5.74, 6) is 0.987. The van der Waals surface area contributed by atoms with Crippen molar-refractivity contribution in [3.8, 4) is 0 Å². The highest BCUT2D eigenvalue weighted by Gasteiger charge is 2.25. The van der Waals surface area contributed by atoms with Crippen molar-refractivity contribution in [1.82, 2.24) is 10.2 Å². The molecule has 0 fully saturated rings. The molecule has 0 amide bonds. The van der Waals surface area contributed by atoms with E-state index < -0.39 is 0 Å². The van der Waals surface area contributed by atoms with Crippen LogP contribution >= 0.6 is 0 Å². The van der Waals surface area contributed by atoms with E-state index in [0.29, 0.717) is 0 Å². The molecule has 0 saturated heterocycles. The standard InChI is InChI=1S/C11H23N3O/c1-11(2,3)9(15-5)8-13-10-12-6-7-14(10)4/h9H,6-8H2,1-5H3,(H,12,13). The molecular formula is C11H23N3O. The average molecular weight is 213 g/mol. The summed E-state index contributed by atoms with van der Waals surface area (Å²) in [6, 6.07) is 0. The molecule has 0 bridgehead atoms. The quantitative estimate of drug-likeness (QED) is 0.758. The Kier molecular flexibility index (Phi) is 3.97. The molecule has 0 aliphatic carbocycles. The van der Waals surface area contributed by atoms with Crippen molar-refractivity contribution in [2.24, 2.45) is 10.4 Å². The lowest BCUT2D eigenvalue weighted by Gasteiger charge is -2.30. The van der Waals surface area contributed by atoms with Gasteiger partial charge in [-0.3, -0.25) is 4.99 Å². The van der Waals surface area contributed by atoms with Crippen LogP contribution in [0.2, 0.25) is 0 Å². The maximum absolute atomic E-state index is 5.47. The number of methoxy groups -OCH3 is 1. The number of likely N-dealkylation sites (N-methyl/N-ethyl adjacent to an activating group) is 1. The molecule has 4 nitrogen and oxygen atoms in total. The van der Waals surface area contributed by atoms with E-state index in [1.165, 1.54) is 0 Å². The highest BCUT2D eigenvalue weighted by molar-refractivity contribution is 5.81. The van der Waals surface area contributed by atoms with Gasteiger partial charge in [0.25, 0.3) is 0 Å². The molecule has 1 unspecified atom stereocenters. The number of rotatable bonds is 3. The molecule has 0 aromatic heterocycles. The van der Waals surface area contributed by atoms with E-state index in [0.717, 1.165) is 25.6 Å². The minimum Gasteiger partial charge on any atom is -0.379 e. The third kappa shape index (κ3) is 3.38. The first-order valence-electron chi connectivity index (χ1n) is 5.47. The van der Waals surface area contributed by atoms with Gasteiger partial charge in [-0.2, -0.15) is 0 Å². The van der Waals surface area contributed by atoms with Crippen LogP contribution in [0.5, 0.6) is 0 Å². The van der Waals surface area contributed by atoms with E-state index in [-0.39, 0.29) is 11.5 Å². The second-order valence-electron chi connectivity index (χ2n) is 5.10. The molecule has 4 heteroatoms. The Labute approximate surface area is 92.7 Å². The minimum absolute atomic E-state index is 0.152. The van der Waals surface area contributed by atoms with Crippen LogP contribution in [-0.4, -0.2) is 50.8 Å². The Bertz CT molecular complexity index is 232. The number of hydrogen-bond donors (Lipinski definition) is 1. The average Bonchev–Trinajstić information content (AvgIpc) is 2.50. The van der Waals surface area contributed by atoms with Gasteiger partial charge in [-0.25, -0.2) is 0 Å². The van der Waals surface area contributed by atoms with Gasteiger partial charge in [0.1, 0.15) is 0 Å². The molecule has 1 aliphatic heterocycles. The van der Waals surface area contributed by atoms with E-state index in [9.17, 15) is 0 Å². The van der Waals surface area contributed by atoms with Crippen molar-refractivity contribution in [2.45, 2.75) is 26.9 Å². The van der Waals surface area contributed by atoms with Gasteiger partial charge in [-0.1, -0.05) is 20.8 Å². The molecule has 1 N–H and O–H groups in total. The maximum Gasteiger partial charge on any atom is 0.193 e. The Balaban J connectivity index is 2.41. The largest absolute Gasteiger partial charge is 0.379 e. The highest BCUT2D eigenvalue weighted by Crippen LogP contribution is 2.21. The topological polar surface area (TPSA) is 36.9 Å². The van der Waals surface area contributed by atoms with Gasteiger partial charge >= 0.3 is 0 Å². The lowest BCUT2D eigenvalue weighted by atomic mass is 9.89. The summed E-state index contributed by atoms with van der Waals surface area (Å²) in [4.78, 5) is 6.52. The highest BCUT2D eigenvalue weighted by atomic mass is 16.5. The normalized spacial score (nSPS) is 19.0. The Hall–Kier alpha value is -0.770. The van der Waals surface area contributed by atoms with Crippen LogP contribution in [0.1, 0.15) is 20.8 Å². The number of hydrogen-bond acceptors (Lipinski definition) is 4. The summed E-state index contributed by atoms with van der Waals surface area (Å²) < 4.78 is 5.47. The third-order valence-corrected chi connectivity index (χ3v) is 2.75. The molecule has 0 saturated carbocycles. The molecule has 1 aliphatic rings. The molecule has 1 heterocycles. The summed E-state index contributed by atoms with van der Waals surface area (Å²) in [7, 11) is 3.81. The van der Waals surface area contributed by atoms with Crippen molar-refractivity contribution in [2.75, 3.05) is 33.8 Å². The number of aliphatic imine (C=N–C) groups is 1. The fraction of sp³-hybridized carbons (Fsp3) is 0.909. The predicted molar refractivity (Wildman–Crippen MR) is 63.2 cm³/mol. The monoisotopic (exact) mass is 213 g/mol. The van der Waals surface area contributed by atoms with Crippen LogP contribution in [0, 0.1) is 5.41 Å². The van der Waals surface area contributed by atoms with Crippen molar-refractivity contribution in [3.63, 3.8) is 0 Å². The summed E-state index contributed by atoms with van der Waals surface area (Å²) in [6.45, 7) is 9.26. The first-order chi connectivity index (χ1) is 6.95. The molecular weight excluding hydrogens is 190 g/mol. The number of guanidine groups is 1. The maximum atomic E-state index is 5.47. The van der Waals surface area contributed by atoms with E-state index in [4.69, 9.17) is 4.74 Å². The molecule has 0 aromatic rings. The number of nitrogens with one attached hydrogen (secondary N) is 1. The lowest BCUT2D eigenvalue weighted by Crippen LogP contribution is -2.44. The summed E-state index contributed by atoms with van der Waals surface area (Å²) in [6.07, 6.45) is 0.203. The van der Waals surface area contributed by atoms with Gasteiger partial charge in [0.05, 0.1) is 12.6 Å². The fourth-order valence-corrected chi connectivity index (χ4v) is 1.65.